The zero-order valence-electron chi connectivity index (χ0n) is 9.96. The first-order valence-electron chi connectivity index (χ1n) is 5.91. The van der Waals surface area contributed by atoms with Crippen LogP contribution in [-0.2, 0) is 9.84 Å². The Kier molecular flexibility index (Phi) is 3.54. The Hall–Kier alpha value is -0.870. The number of hydrogen-bond acceptors (Lipinski definition) is 3. The Morgan fingerprint density at radius 3 is 2.65 bits per heavy atom. The van der Waals surface area contributed by atoms with Crippen molar-refractivity contribution in [3.8, 4) is 0 Å². The Morgan fingerprint density at radius 1 is 1.41 bits per heavy atom. The first-order chi connectivity index (χ1) is 7.96. The topological polar surface area (TPSA) is 54.4 Å². The van der Waals surface area contributed by atoms with Gasteiger partial charge in [-0.15, -0.1) is 0 Å². The van der Waals surface area contributed by atoms with Crippen LogP contribution in [-0.4, -0.2) is 25.5 Å². The quantitative estimate of drug-likeness (QED) is 0.894. The lowest BCUT2D eigenvalue weighted by Gasteiger charge is -2.26. The fraction of sp³-hybridized carbons (Fsp3) is 0.538. The fourth-order valence-corrected chi connectivity index (χ4v) is 2.91. The Bertz CT molecular complexity index is 489. The van der Waals surface area contributed by atoms with Crippen LogP contribution in [0, 0.1) is 0 Å². The first-order valence-corrected chi connectivity index (χ1v) is 7.97. The maximum absolute atomic E-state index is 11.1. The molecule has 1 aliphatic rings. The van der Waals surface area contributed by atoms with Gasteiger partial charge in [-0.05, 0) is 29.9 Å². The molecule has 1 saturated carbocycles. The predicted octanol–water partition coefficient (Wildman–Crippen LogP) is 2.03. The summed E-state index contributed by atoms with van der Waals surface area (Å²) >= 11 is 0. The number of aliphatic hydroxyl groups excluding tert-OH is 1. The molecule has 1 N–H and O–H groups in total. The van der Waals surface area contributed by atoms with Crippen LogP contribution in [0.5, 0.6) is 0 Å². The van der Waals surface area contributed by atoms with Crippen molar-refractivity contribution < 1.29 is 13.5 Å². The lowest BCUT2D eigenvalue weighted by molar-refractivity contribution is 0.201. The largest absolute Gasteiger partial charge is 0.387 e. The van der Waals surface area contributed by atoms with Crippen molar-refractivity contribution in [2.75, 3.05) is 12.0 Å². The predicted molar refractivity (Wildman–Crippen MR) is 67.7 cm³/mol. The van der Waals surface area contributed by atoms with Gasteiger partial charge >= 0.3 is 0 Å². The zero-order chi connectivity index (χ0) is 12.5. The number of aliphatic hydroxyl groups is 1. The molecule has 0 aromatic heterocycles. The molecule has 1 unspecified atom stereocenters. The maximum atomic E-state index is 11.1. The van der Waals surface area contributed by atoms with E-state index in [-0.39, 0.29) is 5.75 Å². The Balaban J connectivity index is 2.14. The van der Waals surface area contributed by atoms with Gasteiger partial charge in [-0.25, -0.2) is 8.42 Å². The van der Waals surface area contributed by atoms with Crippen molar-refractivity contribution in [3.05, 3.63) is 35.4 Å². The summed E-state index contributed by atoms with van der Waals surface area (Å²) in [5.41, 5.74) is 1.93. The van der Waals surface area contributed by atoms with E-state index in [1.54, 1.807) is 6.07 Å². The first kappa shape index (κ1) is 12.6. The van der Waals surface area contributed by atoms with Crippen LogP contribution in [0.25, 0.3) is 0 Å². The molecule has 0 spiro atoms. The van der Waals surface area contributed by atoms with Gasteiger partial charge in [0.2, 0.25) is 0 Å². The number of benzene rings is 1. The van der Waals surface area contributed by atoms with E-state index in [1.165, 1.54) is 24.8 Å². The monoisotopic (exact) mass is 254 g/mol. The zero-order valence-corrected chi connectivity index (χ0v) is 10.8. The molecule has 1 atom stereocenters. The van der Waals surface area contributed by atoms with Crippen LogP contribution in [0.2, 0.25) is 0 Å². The fourth-order valence-electron chi connectivity index (χ4n) is 2.14. The summed E-state index contributed by atoms with van der Waals surface area (Å²) in [6, 6.07) is 7.69. The lowest BCUT2D eigenvalue weighted by Crippen LogP contribution is -2.14. The summed E-state index contributed by atoms with van der Waals surface area (Å²) in [5.74, 6) is 0.390. The summed E-state index contributed by atoms with van der Waals surface area (Å²) in [6.45, 7) is 0. The molecule has 0 amide bonds. The average molecular weight is 254 g/mol. The van der Waals surface area contributed by atoms with Gasteiger partial charge < -0.3 is 5.11 Å². The van der Waals surface area contributed by atoms with E-state index in [4.69, 9.17) is 0 Å². The summed E-state index contributed by atoms with van der Waals surface area (Å²) in [4.78, 5) is 0. The molecular formula is C13H18O3S. The van der Waals surface area contributed by atoms with Crippen molar-refractivity contribution in [1.82, 2.24) is 0 Å². The molecule has 94 valence electrons. The molecule has 0 aliphatic heterocycles. The highest BCUT2D eigenvalue weighted by Gasteiger charge is 2.21. The van der Waals surface area contributed by atoms with Crippen molar-refractivity contribution in [1.29, 1.82) is 0 Å². The van der Waals surface area contributed by atoms with E-state index in [1.807, 2.05) is 12.1 Å². The average Bonchev–Trinajstić information content (AvgIpc) is 2.12. The highest BCUT2D eigenvalue weighted by molar-refractivity contribution is 7.90. The lowest BCUT2D eigenvalue weighted by atomic mass is 9.79. The molecule has 0 bridgehead atoms. The molecule has 2 rings (SSSR count). The van der Waals surface area contributed by atoms with Gasteiger partial charge in [-0.2, -0.15) is 0 Å². The highest BCUT2D eigenvalue weighted by atomic mass is 32.2. The summed E-state index contributed by atoms with van der Waals surface area (Å²) < 4.78 is 22.3. The van der Waals surface area contributed by atoms with Crippen LogP contribution in [0.1, 0.15) is 42.4 Å². The van der Waals surface area contributed by atoms with Crippen molar-refractivity contribution in [3.63, 3.8) is 0 Å². The molecule has 1 fully saturated rings. The summed E-state index contributed by atoms with van der Waals surface area (Å²) in [6.07, 6.45) is 3.90. The maximum Gasteiger partial charge on any atom is 0.150 e. The highest BCUT2D eigenvalue weighted by Crippen LogP contribution is 2.37. The third kappa shape index (κ3) is 3.30. The van der Waals surface area contributed by atoms with Crippen LogP contribution < -0.4 is 0 Å². The van der Waals surface area contributed by atoms with E-state index < -0.39 is 15.9 Å². The second-order valence-electron chi connectivity index (χ2n) is 4.91. The Labute approximate surface area is 102 Å². The standard InChI is InChI=1S/C13H18O3S/c1-17(15,16)9-13(14)12-7-3-6-11(8-12)10-4-2-5-10/h3,6-8,10,13-14H,2,4-5,9H2,1H3. The van der Waals surface area contributed by atoms with Gasteiger partial charge in [0.05, 0.1) is 11.9 Å². The van der Waals surface area contributed by atoms with Gasteiger partial charge in [0.25, 0.3) is 0 Å². The summed E-state index contributed by atoms with van der Waals surface area (Å²) in [5, 5.41) is 9.87. The second-order valence-corrected chi connectivity index (χ2v) is 7.09. The van der Waals surface area contributed by atoms with Gasteiger partial charge in [0.15, 0.2) is 0 Å². The van der Waals surface area contributed by atoms with Gasteiger partial charge in [0.1, 0.15) is 9.84 Å². The third-order valence-corrected chi connectivity index (χ3v) is 4.25. The molecule has 1 aliphatic carbocycles. The SMILES string of the molecule is CS(=O)(=O)CC(O)c1cccc(C2CCC2)c1. The number of sulfone groups is 1. The number of rotatable bonds is 4. The molecule has 17 heavy (non-hydrogen) atoms. The van der Waals surface area contributed by atoms with Gasteiger partial charge in [-0.1, -0.05) is 30.7 Å². The van der Waals surface area contributed by atoms with Crippen LogP contribution in [0.3, 0.4) is 0 Å². The van der Waals surface area contributed by atoms with Gasteiger partial charge in [-0.3, -0.25) is 0 Å². The van der Waals surface area contributed by atoms with Crippen LogP contribution in [0.15, 0.2) is 24.3 Å². The van der Waals surface area contributed by atoms with Crippen molar-refractivity contribution >= 4 is 9.84 Å². The molecule has 1 aromatic rings. The number of hydrogen-bond donors (Lipinski definition) is 1. The molecule has 0 heterocycles. The minimum absolute atomic E-state index is 0.207. The van der Waals surface area contributed by atoms with E-state index in [0.29, 0.717) is 11.5 Å². The Morgan fingerprint density at radius 2 is 2.12 bits per heavy atom. The van der Waals surface area contributed by atoms with E-state index in [0.717, 1.165) is 6.26 Å². The van der Waals surface area contributed by atoms with Crippen LogP contribution in [0.4, 0.5) is 0 Å². The summed E-state index contributed by atoms with van der Waals surface area (Å²) in [7, 11) is -3.15. The van der Waals surface area contributed by atoms with Crippen molar-refractivity contribution in [2.24, 2.45) is 0 Å². The normalized spacial score (nSPS) is 18.7. The minimum Gasteiger partial charge on any atom is -0.387 e. The van der Waals surface area contributed by atoms with Crippen LogP contribution >= 0.6 is 0 Å². The molecule has 3 nitrogen and oxygen atoms in total. The third-order valence-electron chi connectivity index (χ3n) is 3.33. The van der Waals surface area contributed by atoms with E-state index in [2.05, 4.69) is 6.07 Å². The molecule has 4 heteroatoms. The van der Waals surface area contributed by atoms with Gasteiger partial charge in [0, 0.05) is 6.26 Å². The minimum atomic E-state index is -3.15. The molecular weight excluding hydrogens is 236 g/mol. The molecule has 1 aromatic carbocycles. The van der Waals surface area contributed by atoms with Crippen molar-refractivity contribution in [2.45, 2.75) is 31.3 Å². The molecule has 0 saturated heterocycles. The van der Waals surface area contributed by atoms with E-state index >= 15 is 0 Å². The smallest absolute Gasteiger partial charge is 0.150 e. The van der Waals surface area contributed by atoms with E-state index in [9.17, 15) is 13.5 Å². The second kappa shape index (κ2) is 4.78. The molecule has 0 radical (unpaired) electrons.